The Kier molecular flexibility index (Phi) is 4.83. The molecule has 2 nitrogen and oxygen atoms in total. The molecule has 0 saturated carbocycles. The fraction of sp³-hybridized carbons (Fsp3) is 0.222. The molecule has 0 radical (unpaired) electrons. The molecule has 0 saturated heterocycles. The highest BCUT2D eigenvalue weighted by Crippen LogP contribution is 2.07. The van der Waals surface area contributed by atoms with Crippen LogP contribution in [0.5, 0.6) is 0 Å². The normalized spacial score (nSPS) is 11.4. The number of aliphatic imine (C=N–C) groups is 1. The van der Waals surface area contributed by atoms with Crippen LogP contribution in [0.3, 0.4) is 0 Å². The van der Waals surface area contributed by atoms with Crippen LogP contribution in [-0.4, -0.2) is 11.5 Å². The molecular weight excluding hydrogens is 246 g/mol. The number of hydrogen-bond acceptors (Lipinski definition) is 2. The molecule has 0 aromatic heterocycles. The van der Waals surface area contributed by atoms with Gasteiger partial charge >= 0.3 is 0 Å². The summed E-state index contributed by atoms with van der Waals surface area (Å²) >= 11 is 0. The van der Waals surface area contributed by atoms with E-state index >= 15 is 0 Å². The second-order valence-corrected chi connectivity index (χ2v) is 5.00. The van der Waals surface area contributed by atoms with Crippen molar-refractivity contribution in [3.63, 3.8) is 0 Å². The molecule has 0 aliphatic rings. The van der Waals surface area contributed by atoms with E-state index in [0.29, 0.717) is 13.0 Å². The largest absolute Gasteiger partial charge is 0.294 e. The van der Waals surface area contributed by atoms with Crippen molar-refractivity contribution in [1.29, 1.82) is 0 Å². The summed E-state index contributed by atoms with van der Waals surface area (Å²) in [6.45, 7) is 4.61. The Morgan fingerprint density at radius 3 is 2.30 bits per heavy atom. The minimum Gasteiger partial charge on any atom is -0.294 e. The minimum absolute atomic E-state index is 0.121. The smallest absolute Gasteiger partial charge is 0.168 e. The average molecular weight is 265 g/mol. The number of Topliss-reactive ketones (excluding diaryl/α,β-unsaturated/α-hetero) is 1. The number of hydrogen-bond donors (Lipinski definition) is 0. The summed E-state index contributed by atoms with van der Waals surface area (Å²) in [4.78, 5) is 16.5. The molecule has 0 fully saturated rings. The topological polar surface area (TPSA) is 29.4 Å². The van der Waals surface area contributed by atoms with E-state index in [9.17, 15) is 4.79 Å². The van der Waals surface area contributed by atoms with Crippen LogP contribution in [0.2, 0.25) is 0 Å². The zero-order valence-electron chi connectivity index (χ0n) is 12.0. The number of benzene rings is 2. The van der Waals surface area contributed by atoms with Gasteiger partial charge in [-0.05, 0) is 19.4 Å². The lowest BCUT2D eigenvalue weighted by molar-refractivity contribution is 0.100. The lowest BCUT2D eigenvalue weighted by Crippen LogP contribution is -2.05. The van der Waals surface area contributed by atoms with Crippen LogP contribution < -0.4 is 0 Å². The highest BCUT2D eigenvalue weighted by atomic mass is 16.1. The van der Waals surface area contributed by atoms with Crippen LogP contribution in [0, 0.1) is 6.92 Å². The summed E-state index contributed by atoms with van der Waals surface area (Å²) < 4.78 is 0. The van der Waals surface area contributed by atoms with Gasteiger partial charge in [-0.25, -0.2) is 0 Å². The number of carbonyl (C=O) groups excluding carboxylic acids is 1. The third-order valence-corrected chi connectivity index (χ3v) is 3.16. The summed E-state index contributed by atoms with van der Waals surface area (Å²) in [5.74, 6) is 0.121. The van der Waals surface area contributed by atoms with Gasteiger partial charge in [-0.3, -0.25) is 9.79 Å². The molecule has 2 rings (SSSR count). The molecule has 102 valence electrons. The number of rotatable bonds is 5. The van der Waals surface area contributed by atoms with Crippen molar-refractivity contribution < 1.29 is 4.79 Å². The summed E-state index contributed by atoms with van der Waals surface area (Å²) in [5, 5.41) is 0. The maximum atomic E-state index is 12.0. The van der Waals surface area contributed by atoms with Crippen LogP contribution in [-0.2, 0) is 6.54 Å². The maximum Gasteiger partial charge on any atom is 0.168 e. The molecule has 2 heteroatoms. The number of ketones is 1. The van der Waals surface area contributed by atoms with E-state index in [1.807, 2.05) is 37.3 Å². The van der Waals surface area contributed by atoms with Gasteiger partial charge in [0.15, 0.2) is 5.78 Å². The molecule has 0 N–H and O–H groups in total. The minimum atomic E-state index is 0.121. The first kappa shape index (κ1) is 14.2. The fourth-order valence-corrected chi connectivity index (χ4v) is 1.93. The first-order chi connectivity index (χ1) is 9.65. The second kappa shape index (κ2) is 6.80. The Bertz CT molecular complexity index is 597. The SMILES string of the molecule is CC(CC(=O)c1ccccc1)=NCc1ccc(C)cc1. The van der Waals surface area contributed by atoms with E-state index < -0.39 is 0 Å². The standard InChI is InChI=1S/C18H19NO/c1-14-8-10-16(11-9-14)13-19-15(2)12-18(20)17-6-4-3-5-7-17/h3-11H,12-13H2,1-2H3. The van der Waals surface area contributed by atoms with Crippen molar-refractivity contribution >= 4 is 11.5 Å². The van der Waals surface area contributed by atoms with Gasteiger partial charge in [0.1, 0.15) is 0 Å². The van der Waals surface area contributed by atoms with Crippen LogP contribution in [0.1, 0.15) is 34.8 Å². The molecule has 2 aromatic rings. The molecule has 0 unspecified atom stereocenters. The fourth-order valence-electron chi connectivity index (χ4n) is 1.93. The Hall–Kier alpha value is -2.22. The molecule has 0 bridgehead atoms. The first-order valence-corrected chi connectivity index (χ1v) is 6.79. The third-order valence-electron chi connectivity index (χ3n) is 3.16. The molecule has 2 aromatic carbocycles. The van der Waals surface area contributed by atoms with Gasteiger partial charge in [-0.2, -0.15) is 0 Å². The van der Waals surface area contributed by atoms with Crippen molar-refractivity contribution in [3.05, 3.63) is 71.3 Å². The molecule has 0 atom stereocenters. The quantitative estimate of drug-likeness (QED) is 0.587. The van der Waals surface area contributed by atoms with Gasteiger partial charge in [0.25, 0.3) is 0 Å². The van der Waals surface area contributed by atoms with Gasteiger partial charge in [-0.1, -0.05) is 60.2 Å². The van der Waals surface area contributed by atoms with Crippen LogP contribution in [0.25, 0.3) is 0 Å². The third kappa shape index (κ3) is 4.16. The van der Waals surface area contributed by atoms with Crippen LogP contribution >= 0.6 is 0 Å². The Labute approximate surface area is 120 Å². The summed E-state index contributed by atoms with van der Waals surface area (Å²) in [6, 6.07) is 17.7. The number of carbonyl (C=O) groups is 1. The summed E-state index contributed by atoms with van der Waals surface area (Å²) in [6.07, 6.45) is 0.385. The highest BCUT2D eigenvalue weighted by molar-refractivity contribution is 6.08. The summed E-state index contributed by atoms with van der Waals surface area (Å²) in [7, 11) is 0. The van der Waals surface area contributed by atoms with E-state index in [1.165, 1.54) is 11.1 Å². The predicted molar refractivity (Wildman–Crippen MR) is 83.4 cm³/mol. The highest BCUT2D eigenvalue weighted by Gasteiger charge is 2.06. The Morgan fingerprint density at radius 2 is 1.65 bits per heavy atom. The summed E-state index contributed by atoms with van der Waals surface area (Å²) in [5.41, 5.74) is 4.03. The molecule has 0 amide bonds. The molecule has 0 aliphatic heterocycles. The van der Waals surface area contributed by atoms with Gasteiger partial charge < -0.3 is 0 Å². The van der Waals surface area contributed by atoms with E-state index in [-0.39, 0.29) is 5.78 Å². The van der Waals surface area contributed by atoms with Gasteiger partial charge in [0, 0.05) is 17.7 Å². The van der Waals surface area contributed by atoms with E-state index in [0.717, 1.165) is 11.3 Å². The molecule has 0 aliphatic carbocycles. The van der Waals surface area contributed by atoms with Gasteiger partial charge in [-0.15, -0.1) is 0 Å². The number of aryl methyl sites for hydroxylation is 1. The predicted octanol–water partition coefficient (Wildman–Crippen LogP) is 4.23. The van der Waals surface area contributed by atoms with Crippen molar-refractivity contribution in [2.45, 2.75) is 26.8 Å². The first-order valence-electron chi connectivity index (χ1n) is 6.79. The monoisotopic (exact) mass is 265 g/mol. The zero-order valence-corrected chi connectivity index (χ0v) is 12.0. The van der Waals surface area contributed by atoms with Gasteiger partial charge in [0.05, 0.1) is 6.54 Å². The van der Waals surface area contributed by atoms with Crippen LogP contribution in [0.15, 0.2) is 59.6 Å². The van der Waals surface area contributed by atoms with Gasteiger partial charge in [0.2, 0.25) is 0 Å². The molecule has 0 spiro atoms. The maximum absolute atomic E-state index is 12.0. The van der Waals surface area contributed by atoms with E-state index in [2.05, 4.69) is 36.2 Å². The Morgan fingerprint density at radius 1 is 1.00 bits per heavy atom. The second-order valence-electron chi connectivity index (χ2n) is 5.00. The molecule has 0 heterocycles. The molecule has 20 heavy (non-hydrogen) atoms. The number of nitrogens with zero attached hydrogens (tertiary/aromatic N) is 1. The lowest BCUT2D eigenvalue weighted by atomic mass is 10.1. The van der Waals surface area contributed by atoms with E-state index in [1.54, 1.807) is 0 Å². The van der Waals surface area contributed by atoms with Crippen molar-refractivity contribution in [2.24, 2.45) is 4.99 Å². The van der Waals surface area contributed by atoms with Crippen LogP contribution in [0.4, 0.5) is 0 Å². The molecular formula is C18H19NO. The van der Waals surface area contributed by atoms with Crippen molar-refractivity contribution in [2.75, 3.05) is 0 Å². The Balaban J connectivity index is 1.94. The lowest BCUT2D eigenvalue weighted by Gasteiger charge is -2.02. The van der Waals surface area contributed by atoms with Crippen molar-refractivity contribution in [1.82, 2.24) is 0 Å². The van der Waals surface area contributed by atoms with E-state index in [4.69, 9.17) is 0 Å². The van der Waals surface area contributed by atoms with Crippen molar-refractivity contribution in [3.8, 4) is 0 Å². The average Bonchev–Trinajstić information content (AvgIpc) is 2.47. The zero-order chi connectivity index (χ0) is 14.4.